The summed E-state index contributed by atoms with van der Waals surface area (Å²) in [6.07, 6.45) is 6.51. The van der Waals surface area contributed by atoms with Gasteiger partial charge in [0.05, 0.1) is 6.26 Å². The van der Waals surface area contributed by atoms with Gasteiger partial charge in [0, 0.05) is 35.2 Å². The van der Waals surface area contributed by atoms with Gasteiger partial charge in [0.2, 0.25) is 5.91 Å². The number of likely N-dealkylation sites (N-methyl/N-ethyl adjacent to an activating group) is 1. The average Bonchev–Trinajstić information content (AvgIpc) is 2.90. The number of hydrogen-bond acceptors (Lipinski definition) is 4. The number of nitrogens with one attached hydrogen (secondary N) is 1. The van der Waals surface area contributed by atoms with Crippen molar-refractivity contribution in [2.75, 3.05) is 19.8 Å². The number of aromatic nitrogens is 1. The quantitative estimate of drug-likeness (QED) is 0.559. The summed E-state index contributed by atoms with van der Waals surface area (Å²) in [5.74, 6) is -0.346. The Hall–Kier alpha value is -2.16. The zero-order valence-electron chi connectivity index (χ0n) is 14.3. The van der Waals surface area contributed by atoms with Crippen LogP contribution in [0.5, 0.6) is 0 Å². The number of hydrogen-bond donors (Lipinski definition) is 3. The number of benzene rings is 1. The lowest BCUT2D eigenvalue weighted by Crippen LogP contribution is -2.37. The van der Waals surface area contributed by atoms with E-state index in [4.69, 9.17) is 10.3 Å². The summed E-state index contributed by atoms with van der Waals surface area (Å²) >= 11 is 0. The highest BCUT2D eigenvalue weighted by molar-refractivity contribution is 7.85. The number of nitrogens with zero attached hydrogens (tertiary/aromatic N) is 1. The molecule has 1 aliphatic rings. The lowest BCUT2D eigenvalue weighted by atomic mass is 9.85. The normalized spacial score (nSPS) is 16.4. The van der Waals surface area contributed by atoms with Crippen molar-refractivity contribution in [3.05, 3.63) is 47.7 Å². The molecule has 1 aromatic carbocycles. The minimum absolute atomic E-state index is 0.346. The molecular formula is C17H23N3O4S. The zero-order valence-corrected chi connectivity index (χ0v) is 15.1. The summed E-state index contributed by atoms with van der Waals surface area (Å²) in [5.41, 5.74) is 9.61. The number of amides is 1. The standard InChI is InChI=1S/C16H19N3O.CH4O3S/c1-3-6-19(2)11-7-10-9-18-14-5-4-12(16(17)20)13(8-11)15(10)14;1-5(2,3)4/h3-5,9,11,18H,1,6-8H2,2H3,(H2,17,20);1H3,(H,2,3,4). The van der Waals surface area contributed by atoms with Crippen LogP contribution >= 0.6 is 0 Å². The van der Waals surface area contributed by atoms with Crippen molar-refractivity contribution in [3.8, 4) is 0 Å². The second-order valence-corrected chi connectivity index (χ2v) is 7.68. The molecule has 2 aromatic rings. The van der Waals surface area contributed by atoms with Gasteiger partial charge in [-0.3, -0.25) is 14.2 Å². The first-order valence-corrected chi connectivity index (χ1v) is 9.62. The van der Waals surface area contributed by atoms with Crippen LogP contribution in [0, 0.1) is 0 Å². The monoisotopic (exact) mass is 365 g/mol. The molecule has 1 unspecified atom stereocenters. The third-order valence-electron chi connectivity index (χ3n) is 4.24. The number of aromatic amines is 1. The molecule has 1 aromatic heterocycles. The molecule has 0 spiro atoms. The first-order valence-electron chi connectivity index (χ1n) is 7.77. The van der Waals surface area contributed by atoms with E-state index in [2.05, 4.69) is 23.5 Å². The number of nitrogens with two attached hydrogens (primary N) is 1. The van der Waals surface area contributed by atoms with Crippen molar-refractivity contribution >= 4 is 26.9 Å². The molecule has 8 heteroatoms. The predicted molar refractivity (Wildman–Crippen MR) is 98.3 cm³/mol. The van der Waals surface area contributed by atoms with Crippen LogP contribution in [0.25, 0.3) is 10.9 Å². The summed E-state index contributed by atoms with van der Waals surface area (Å²) in [4.78, 5) is 17.2. The van der Waals surface area contributed by atoms with Crippen molar-refractivity contribution in [2.24, 2.45) is 5.73 Å². The number of primary amides is 1. The van der Waals surface area contributed by atoms with Gasteiger partial charge in [-0.15, -0.1) is 6.58 Å². The van der Waals surface area contributed by atoms with Crippen LogP contribution in [0.1, 0.15) is 21.5 Å². The Morgan fingerprint density at radius 2 is 2.12 bits per heavy atom. The van der Waals surface area contributed by atoms with Gasteiger partial charge in [-0.1, -0.05) is 6.08 Å². The van der Waals surface area contributed by atoms with Gasteiger partial charge < -0.3 is 10.7 Å². The van der Waals surface area contributed by atoms with Crippen LogP contribution in [0.2, 0.25) is 0 Å². The first-order chi connectivity index (χ1) is 11.6. The third-order valence-corrected chi connectivity index (χ3v) is 4.24. The summed E-state index contributed by atoms with van der Waals surface area (Å²) in [6.45, 7) is 4.63. The van der Waals surface area contributed by atoms with Crippen LogP contribution in [-0.4, -0.2) is 54.7 Å². The van der Waals surface area contributed by atoms with E-state index >= 15 is 0 Å². The fourth-order valence-electron chi connectivity index (χ4n) is 3.20. The highest BCUT2D eigenvalue weighted by Gasteiger charge is 2.27. The van der Waals surface area contributed by atoms with E-state index in [1.54, 1.807) is 0 Å². The van der Waals surface area contributed by atoms with E-state index in [0.717, 1.165) is 30.5 Å². The average molecular weight is 365 g/mol. The molecule has 0 radical (unpaired) electrons. The van der Waals surface area contributed by atoms with Crippen LogP contribution < -0.4 is 5.73 Å². The van der Waals surface area contributed by atoms with Gasteiger partial charge in [-0.05, 0) is 43.1 Å². The maximum Gasteiger partial charge on any atom is 0.261 e. The van der Waals surface area contributed by atoms with Gasteiger partial charge in [0.25, 0.3) is 10.1 Å². The minimum atomic E-state index is -3.67. The molecule has 1 amide bonds. The van der Waals surface area contributed by atoms with Crippen LogP contribution in [0.3, 0.4) is 0 Å². The molecule has 1 atom stereocenters. The summed E-state index contributed by atoms with van der Waals surface area (Å²) in [6, 6.07) is 4.15. The predicted octanol–water partition coefficient (Wildman–Crippen LogP) is 1.36. The lowest BCUT2D eigenvalue weighted by Gasteiger charge is -2.31. The summed E-state index contributed by atoms with van der Waals surface area (Å²) in [5, 5.41) is 1.18. The van der Waals surface area contributed by atoms with E-state index in [1.165, 1.54) is 10.9 Å². The van der Waals surface area contributed by atoms with Crippen LogP contribution in [0.4, 0.5) is 0 Å². The molecule has 0 aliphatic heterocycles. The van der Waals surface area contributed by atoms with Crippen molar-refractivity contribution < 1.29 is 17.8 Å². The van der Waals surface area contributed by atoms with E-state index < -0.39 is 10.1 Å². The van der Waals surface area contributed by atoms with E-state index in [0.29, 0.717) is 17.9 Å². The highest BCUT2D eigenvalue weighted by Crippen LogP contribution is 2.33. The smallest absolute Gasteiger partial charge is 0.261 e. The summed E-state index contributed by atoms with van der Waals surface area (Å²) < 4.78 is 25.9. The largest absolute Gasteiger partial charge is 0.366 e. The highest BCUT2D eigenvalue weighted by atomic mass is 32.2. The van der Waals surface area contributed by atoms with Crippen molar-refractivity contribution in [1.82, 2.24) is 9.88 Å². The fraction of sp³-hybridized carbons (Fsp3) is 0.353. The van der Waals surface area contributed by atoms with Crippen LogP contribution in [0.15, 0.2) is 31.0 Å². The van der Waals surface area contributed by atoms with Crippen molar-refractivity contribution in [1.29, 1.82) is 0 Å². The van der Waals surface area contributed by atoms with Gasteiger partial charge in [-0.25, -0.2) is 0 Å². The zero-order chi connectivity index (χ0) is 18.8. The molecule has 0 saturated heterocycles. The Bertz CT molecular complexity index is 894. The molecule has 3 rings (SSSR count). The van der Waals surface area contributed by atoms with Crippen molar-refractivity contribution in [3.63, 3.8) is 0 Å². The number of carbonyl (C=O) groups excluding carboxylic acids is 1. The van der Waals surface area contributed by atoms with Crippen LogP contribution in [-0.2, 0) is 23.0 Å². The molecular weight excluding hydrogens is 342 g/mol. The maximum atomic E-state index is 11.7. The van der Waals surface area contributed by atoms with Gasteiger partial charge in [-0.2, -0.15) is 8.42 Å². The van der Waals surface area contributed by atoms with E-state index in [-0.39, 0.29) is 5.91 Å². The fourth-order valence-corrected chi connectivity index (χ4v) is 3.20. The van der Waals surface area contributed by atoms with E-state index in [1.807, 2.05) is 24.4 Å². The topological polar surface area (TPSA) is 116 Å². The number of carbonyl (C=O) groups is 1. The minimum Gasteiger partial charge on any atom is -0.366 e. The Balaban J connectivity index is 0.000000399. The van der Waals surface area contributed by atoms with Crippen molar-refractivity contribution in [2.45, 2.75) is 18.9 Å². The van der Waals surface area contributed by atoms with Gasteiger partial charge in [0.1, 0.15) is 0 Å². The number of H-pyrrole nitrogens is 1. The second kappa shape index (κ2) is 7.38. The molecule has 0 bridgehead atoms. The molecule has 25 heavy (non-hydrogen) atoms. The molecule has 4 N–H and O–H groups in total. The summed E-state index contributed by atoms with van der Waals surface area (Å²) in [7, 11) is -1.58. The first kappa shape index (κ1) is 19.2. The molecule has 1 aliphatic carbocycles. The van der Waals surface area contributed by atoms with Gasteiger partial charge in [0.15, 0.2) is 0 Å². The maximum absolute atomic E-state index is 11.7. The Morgan fingerprint density at radius 3 is 2.68 bits per heavy atom. The van der Waals surface area contributed by atoms with E-state index in [9.17, 15) is 13.2 Å². The molecule has 136 valence electrons. The third kappa shape index (κ3) is 4.68. The Labute approximate surface area is 147 Å². The molecule has 0 fully saturated rings. The lowest BCUT2D eigenvalue weighted by molar-refractivity contribution is 0.0999. The second-order valence-electron chi connectivity index (χ2n) is 6.22. The Kier molecular flexibility index (Phi) is 5.66. The Morgan fingerprint density at radius 1 is 1.48 bits per heavy atom. The molecule has 1 heterocycles. The van der Waals surface area contributed by atoms with Gasteiger partial charge >= 0.3 is 0 Å². The SMILES string of the molecule is C=CCN(C)C1Cc2c[nH]c3ccc(C(N)=O)c(c23)C1.CS(=O)(=O)O. The molecule has 7 nitrogen and oxygen atoms in total. The molecule has 0 saturated carbocycles. The number of rotatable bonds is 4.